The lowest BCUT2D eigenvalue weighted by Gasteiger charge is -2.24. The molecule has 0 unspecified atom stereocenters. The fraction of sp³-hybridized carbons (Fsp3) is 0.200. The third-order valence-electron chi connectivity index (χ3n) is 6.42. The number of anilines is 2. The molecule has 5 rings (SSSR count). The molecule has 0 saturated carbocycles. The molecule has 2 aromatic heterocycles. The van der Waals surface area contributed by atoms with Gasteiger partial charge in [-0.3, -0.25) is 9.36 Å². The fourth-order valence-corrected chi connectivity index (χ4v) is 6.06. The van der Waals surface area contributed by atoms with Crippen LogP contribution in [0.15, 0.2) is 74.0 Å². The molecule has 4 aromatic rings. The molecule has 1 aliphatic rings. The first-order chi connectivity index (χ1) is 20.6. The number of hydrogen-bond acceptors (Lipinski definition) is 9. The van der Waals surface area contributed by atoms with Crippen molar-refractivity contribution in [1.82, 2.24) is 4.57 Å². The maximum absolute atomic E-state index is 13.9. The van der Waals surface area contributed by atoms with Gasteiger partial charge in [0.2, 0.25) is 5.88 Å². The predicted molar refractivity (Wildman–Crippen MR) is 166 cm³/mol. The maximum atomic E-state index is 13.9. The van der Waals surface area contributed by atoms with Crippen LogP contribution >= 0.6 is 46.1 Å². The van der Waals surface area contributed by atoms with Gasteiger partial charge in [0, 0.05) is 21.8 Å². The number of ether oxygens (including phenoxy) is 2. The van der Waals surface area contributed by atoms with E-state index in [9.17, 15) is 14.4 Å². The van der Waals surface area contributed by atoms with Gasteiger partial charge in [0.05, 0.1) is 35.1 Å². The summed E-state index contributed by atoms with van der Waals surface area (Å²) in [5, 5.41) is 4.01. The van der Waals surface area contributed by atoms with E-state index >= 15 is 0 Å². The summed E-state index contributed by atoms with van der Waals surface area (Å²) in [4.78, 5) is 44.8. The monoisotopic (exact) mass is 659 g/mol. The van der Waals surface area contributed by atoms with Crippen LogP contribution < -0.4 is 20.2 Å². The first-order valence-electron chi connectivity index (χ1n) is 13.1. The lowest BCUT2D eigenvalue weighted by atomic mass is 9.96. The number of carbonyl (C=O) groups is 2. The van der Waals surface area contributed by atoms with E-state index in [2.05, 4.69) is 10.3 Å². The van der Waals surface area contributed by atoms with Crippen LogP contribution in [0.2, 0.25) is 15.1 Å². The van der Waals surface area contributed by atoms with E-state index in [1.807, 2.05) is 0 Å². The van der Waals surface area contributed by atoms with E-state index in [1.165, 1.54) is 10.6 Å². The average Bonchev–Trinajstić information content (AvgIpc) is 3.44. The Morgan fingerprint density at radius 1 is 1.00 bits per heavy atom. The number of nitrogens with zero attached hydrogens (tertiary/aromatic N) is 2. The lowest BCUT2D eigenvalue weighted by molar-refractivity contribution is -0.139. The summed E-state index contributed by atoms with van der Waals surface area (Å²) in [7, 11) is 0. The molecule has 1 aliphatic heterocycles. The molecule has 0 fully saturated rings. The van der Waals surface area contributed by atoms with E-state index < -0.39 is 23.5 Å². The van der Waals surface area contributed by atoms with Gasteiger partial charge in [-0.1, -0.05) is 58.3 Å². The van der Waals surface area contributed by atoms with Gasteiger partial charge in [0.15, 0.2) is 10.6 Å². The Morgan fingerprint density at radius 3 is 2.23 bits per heavy atom. The number of carbonyl (C=O) groups excluding carboxylic acids is 2. The van der Waals surface area contributed by atoms with Crippen molar-refractivity contribution >= 4 is 75.7 Å². The zero-order valence-electron chi connectivity index (χ0n) is 23.1. The van der Waals surface area contributed by atoms with Gasteiger partial charge in [0.1, 0.15) is 10.6 Å². The van der Waals surface area contributed by atoms with Crippen LogP contribution in [0.5, 0.6) is 0 Å². The fourth-order valence-electron chi connectivity index (χ4n) is 4.53. The van der Waals surface area contributed by atoms with Gasteiger partial charge in [-0.15, -0.1) is 0 Å². The van der Waals surface area contributed by atoms with Gasteiger partial charge in [-0.05, 0) is 62.7 Å². The molecule has 13 heteroatoms. The molecule has 9 nitrogen and oxygen atoms in total. The zero-order valence-corrected chi connectivity index (χ0v) is 26.2. The topological polar surface area (TPSA) is 112 Å². The highest BCUT2D eigenvalue weighted by atomic mass is 35.5. The number of hydrogen-bond donors (Lipinski definition) is 1. The number of benzene rings is 2. The molecule has 0 spiro atoms. The third kappa shape index (κ3) is 6.14. The van der Waals surface area contributed by atoms with Crippen LogP contribution in [0.3, 0.4) is 0 Å². The average molecular weight is 661 g/mol. The maximum Gasteiger partial charge on any atom is 0.345 e. The molecule has 0 aliphatic carbocycles. The van der Waals surface area contributed by atoms with Gasteiger partial charge in [-0.2, -0.15) is 0 Å². The van der Waals surface area contributed by atoms with Crippen molar-refractivity contribution in [3.63, 3.8) is 0 Å². The van der Waals surface area contributed by atoms with Crippen molar-refractivity contribution in [2.75, 3.05) is 18.5 Å². The summed E-state index contributed by atoms with van der Waals surface area (Å²) in [6.07, 6.45) is 1.43. The summed E-state index contributed by atoms with van der Waals surface area (Å²) in [5.74, 6) is -1.20. The van der Waals surface area contributed by atoms with Crippen molar-refractivity contribution in [1.29, 1.82) is 0 Å². The SMILES string of the molecule is CCOC(=O)C1=C(C)N=c2s/c(=C\c3oc(Nc4ccc(Cl)cc4)c(C(=O)OCC)c3Cl)c(=O)n2[C@@H]1c1ccc(Cl)cc1. The molecule has 0 radical (unpaired) electrons. The van der Waals surface area contributed by atoms with E-state index in [0.29, 0.717) is 31.8 Å². The molecule has 2 aromatic carbocycles. The van der Waals surface area contributed by atoms with Gasteiger partial charge >= 0.3 is 11.9 Å². The third-order valence-corrected chi connectivity index (χ3v) is 8.28. The van der Waals surface area contributed by atoms with Crippen LogP contribution in [-0.2, 0) is 14.3 Å². The molecular formula is C30H24Cl3N3O6S. The quantitative estimate of drug-likeness (QED) is 0.222. The number of allylic oxidation sites excluding steroid dienone is 1. The molecule has 43 heavy (non-hydrogen) atoms. The van der Waals surface area contributed by atoms with Gasteiger partial charge in [0.25, 0.3) is 5.56 Å². The van der Waals surface area contributed by atoms with Gasteiger partial charge in [-0.25, -0.2) is 14.6 Å². The molecular weight excluding hydrogens is 637 g/mol. The minimum atomic E-state index is -0.820. The number of fused-ring (bicyclic) bond motifs is 1. The molecule has 1 N–H and O–H groups in total. The molecule has 0 amide bonds. The highest BCUT2D eigenvalue weighted by Crippen LogP contribution is 2.35. The first-order valence-corrected chi connectivity index (χ1v) is 15.0. The Balaban J connectivity index is 1.67. The molecule has 222 valence electrons. The highest BCUT2D eigenvalue weighted by molar-refractivity contribution is 7.07. The smallest absolute Gasteiger partial charge is 0.345 e. The van der Waals surface area contributed by atoms with Crippen molar-refractivity contribution in [3.8, 4) is 0 Å². The largest absolute Gasteiger partial charge is 0.463 e. The summed E-state index contributed by atoms with van der Waals surface area (Å²) >= 11 is 19.9. The van der Waals surface area contributed by atoms with Crippen LogP contribution in [-0.4, -0.2) is 29.7 Å². The van der Waals surface area contributed by atoms with Crippen molar-refractivity contribution < 1.29 is 23.5 Å². The number of halogens is 3. The van der Waals surface area contributed by atoms with Crippen molar-refractivity contribution in [2.45, 2.75) is 26.8 Å². The minimum absolute atomic E-state index is 0.0306. The normalized spacial score (nSPS) is 14.7. The summed E-state index contributed by atoms with van der Waals surface area (Å²) in [6, 6.07) is 12.8. The van der Waals surface area contributed by atoms with Crippen molar-refractivity contribution in [3.05, 3.63) is 111 Å². The molecule has 3 heterocycles. The van der Waals surface area contributed by atoms with E-state index in [-0.39, 0.29) is 45.5 Å². The van der Waals surface area contributed by atoms with Crippen LogP contribution in [0.25, 0.3) is 6.08 Å². The van der Waals surface area contributed by atoms with E-state index in [1.54, 1.807) is 69.3 Å². The van der Waals surface area contributed by atoms with Crippen molar-refractivity contribution in [2.24, 2.45) is 4.99 Å². The van der Waals surface area contributed by atoms with E-state index in [4.69, 9.17) is 48.7 Å². The summed E-state index contributed by atoms with van der Waals surface area (Å²) < 4.78 is 18.1. The Bertz CT molecular complexity index is 1930. The second-order valence-corrected chi connectivity index (χ2v) is 11.5. The summed E-state index contributed by atoms with van der Waals surface area (Å²) in [5.41, 5.74) is 1.40. The molecule has 0 bridgehead atoms. The Kier molecular flexibility index (Phi) is 9.12. The Hall–Kier alpha value is -3.83. The lowest BCUT2D eigenvalue weighted by Crippen LogP contribution is -2.39. The second-order valence-electron chi connectivity index (χ2n) is 9.19. The number of nitrogens with one attached hydrogen (secondary N) is 1. The molecule has 0 saturated heterocycles. The van der Waals surface area contributed by atoms with Crippen LogP contribution in [0, 0.1) is 0 Å². The van der Waals surface area contributed by atoms with Crippen LogP contribution in [0.1, 0.15) is 48.5 Å². The molecule has 1 atom stereocenters. The van der Waals surface area contributed by atoms with Crippen LogP contribution in [0.4, 0.5) is 11.6 Å². The number of esters is 2. The number of rotatable bonds is 8. The predicted octanol–water partition coefficient (Wildman–Crippen LogP) is 6.27. The Morgan fingerprint density at radius 2 is 1.60 bits per heavy atom. The number of thiazole rings is 1. The second kappa shape index (κ2) is 12.8. The number of aromatic nitrogens is 1. The first kappa shape index (κ1) is 30.6. The minimum Gasteiger partial charge on any atom is -0.463 e. The number of furan rings is 1. The highest BCUT2D eigenvalue weighted by Gasteiger charge is 2.33. The summed E-state index contributed by atoms with van der Waals surface area (Å²) in [6.45, 7) is 5.33. The zero-order chi connectivity index (χ0) is 30.8. The van der Waals surface area contributed by atoms with Gasteiger partial charge < -0.3 is 19.2 Å². The Labute approximate surface area is 264 Å². The standard InChI is InChI=1S/C30H24Cl3N3O6S/c1-4-40-28(38)22-15(3)34-30-36(25(22)16-6-8-17(31)9-7-16)27(37)21(43-30)14-20-24(33)23(29(39)41-5-2)26(42-20)35-19-12-10-18(32)11-13-19/h6-14,25,35H,4-5H2,1-3H3/b21-14-/t25-/m1/s1. The van der Waals surface area contributed by atoms with E-state index in [0.717, 1.165) is 11.3 Å².